The third-order valence-electron chi connectivity index (χ3n) is 2.73. The number of methoxy groups -OCH3 is 4. The van der Waals surface area contributed by atoms with Crippen molar-refractivity contribution >= 4 is 5.97 Å². The Morgan fingerprint density at radius 3 is 2.06 bits per heavy atom. The van der Waals surface area contributed by atoms with Gasteiger partial charge in [-0.15, -0.1) is 0 Å². The number of carbonyl (C=O) groups is 1. The minimum absolute atomic E-state index is 0.604. The van der Waals surface area contributed by atoms with Crippen molar-refractivity contribution in [3.05, 3.63) is 0 Å². The van der Waals surface area contributed by atoms with Gasteiger partial charge < -0.3 is 28.8 Å². The van der Waals surface area contributed by atoms with E-state index in [1.165, 1.54) is 28.4 Å². The van der Waals surface area contributed by atoms with Gasteiger partial charge in [0.15, 0.2) is 12.4 Å². The third-order valence-corrected chi connectivity index (χ3v) is 2.73. The second-order valence-corrected chi connectivity index (χ2v) is 3.58. The van der Waals surface area contributed by atoms with Crippen molar-refractivity contribution in [1.82, 2.24) is 0 Å². The van der Waals surface area contributed by atoms with Crippen LogP contribution in [-0.2, 0) is 28.5 Å². The van der Waals surface area contributed by atoms with Crippen molar-refractivity contribution in [3.8, 4) is 0 Å². The molecule has 0 aromatic heterocycles. The van der Waals surface area contributed by atoms with Crippen molar-refractivity contribution in [1.29, 1.82) is 0 Å². The van der Waals surface area contributed by atoms with Gasteiger partial charge in [-0.3, -0.25) is 0 Å². The maximum atomic E-state index is 11.5. The van der Waals surface area contributed by atoms with E-state index in [9.17, 15) is 9.90 Å². The number of hydrogen-bond donors (Lipinski definition) is 1. The molecule has 1 rings (SSSR count). The minimum atomic E-state index is -1.05. The maximum Gasteiger partial charge on any atom is 0.337 e. The van der Waals surface area contributed by atoms with E-state index in [-0.39, 0.29) is 0 Å². The standard InChI is InChI=1S/C10H18O7/c1-13-6-5(11)10(16-4)17-8(7(6)14-2)9(12)15-3/h5-8,10-11H,1-4H3/t5-,6+,7-,8-,10-/m0/s1. The summed E-state index contributed by atoms with van der Waals surface area (Å²) in [5.41, 5.74) is 0. The molecule has 0 bridgehead atoms. The zero-order valence-electron chi connectivity index (χ0n) is 10.3. The summed E-state index contributed by atoms with van der Waals surface area (Å²) in [6.45, 7) is 0. The molecule has 1 saturated heterocycles. The van der Waals surface area contributed by atoms with Crippen LogP contribution in [0.2, 0.25) is 0 Å². The van der Waals surface area contributed by atoms with Gasteiger partial charge >= 0.3 is 5.97 Å². The second-order valence-electron chi connectivity index (χ2n) is 3.58. The smallest absolute Gasteiger partial charge is 0.337 e. The van der Waals surface area contributed by atoms with E-state index in [0.29, 0.717) is 0 Å². The van der Waals surface area contributed by atoms with E-state index in [0.717, 1.165) is 0 Å². The number of aliphatic hydroxyl groups is 1. The molecule has 0 aromatic rings. The summed E-state index contributed by atoms with van der Waals surface area (Å²) >= 11 is 0. The molecule has 0 aliphatic carbocycles. The maximum absolute atomic E-state index is 11.5. The van der Waals surface area contributed by atoms with Crippen molar-refractivity contribution in [3.63, 3.8) is 0 Å². The van der Waals surface area contributed by atoms with Crippen LogP contribution in [-0.4, -0.2) is 70.2 Å². The molecule has 1 aliphatic heterocycles. The minimum Gasteiger partial charge on any atom is -0.467 e. The Kier molecular flexibility index (Phi) is 5.29. The topological polar surface area (TPSA) is 83.5 Å². The molecular weight excluding hydrogens is 232 g/mol. The van der Waals surface area contributed by atoms with Crippen LogP contribution in [0.5, 0.6) is 0 Å². The number of hydrogen-bond acceptors (Lipinski definition) is 7. The molecule has 17 heavy (non-hydrogen) atoms. The van der Waals surface area contributed by atoms with Crippen LogP contribution in [0.3, 0.4) is 0 Å². The number of esters is 1. The quantitative estimate of drug-likeness (QED) is 0.635. The Morgan fingerprint density at radius 2 is 1.65 bits per heavy atom. The molecule has 1 fully saturated rings. The summed E-state index contributed by atoms with van der Waals surface area (Å²) in [6.07, 6.45) is -4.49. The summed E-state index contributed by atoms with van der Waals surface area (Å²) in [5.74, 6) is -0.604. The van der Waals surface area contributed by atoms with Crippen LogP contribution in [0.4, 0.5) is 0 Å². The van der Waals surface area contributed by atoms with Gasteiger partial charge in [-0.1, -0.05) is 0 Å². The molecule has 0 spiro atoms. The highest BCUT2D eigenvalue weighted by Crippen LogP contribution is 2.26. The molecule has 7 heteroatoms. The van der Waals surface area contributed by atoms with Gasteiger partial charge in [-0.25, -0.2) is 4.79 Å². The zero-order valence-corrected chi connectivity index (χ0v) is 10.3. The van der Waals surface area contributed by atoms with E-state index in [4.69, 9.17) is 18.9 Å². The molecule has 1 heterocycles. The molecule has 5 atom stereocenters. The molecule has 0 unspecified atom stereocenters. The lowest BCUT2D eigenvalue weighted by atomic mass is 9.98. The Labute approximate surface area is 99.5 Å². The lowest BCUT2D eigenvalue weighted by Crippen LogP contribution is -2.61. The van der Waals surface area contributed by atoms with Crippen LogP contribution < -0.4 is 0 Å². The number of rotatable bonds is 4. The summed E-state index contributed by atoms with van der Waals surface area (Å²) in [7, 11) is 5.41. The highest BCUT2D eigenvalue weighted by Gasteiger charge is 2.49. The van der Waals surface area contributed by atoms with Crippen molar-refractivity contribution < 1.29 is 33.6 Å². The number of carbonyl (C=O) groups excluding carboxylic acids is 1. The molecule has 0 aromatic carbocycles. The van der Waals surface area contributed by atoms with E-state index in [1.807, 2.05) is 0 Å². The fraction of sp³-hybridized carbons (Fsp3) is 0.900. The van der Waals surface area contributed by atoms with Gasteiger partial charge in [0.2, 0.25) is 0 Å². The Balaban J connectivity index is 2.92. The third kappa shape index (κ3) is 2.75. The summed E-state index contributed by atoms with van der Waals surface area (Å²) in [4.78, 5) is 11.5. The van der Waals surface area contributed by atoms with Crippen LogP contribution >= 0.6 is 0 Å². The van der Waals surface area contributed by atoms with Gasteiger partial charge in [0.05, 0.1) is 7.11 Å². The SMILES string of the molecule is COC(=O)[C@H]1O[C@H](OC)[C@@H](O)[C@@H](OC)[C@@H]1OC. The van der Waals surface area contributed by atoms with Gasteiger partial charge in [0.1, 0.15) is 18.3 Å². The summed E-state index contributed by atoms with van der Waals surface area (Å²) in [6, 6.07) is 0. The van der Waals surface area contributed by atoms with Gasteiger partial charge in [0, 0.05) is 21.3 Å². The summed E-state index contributed by atoms with van der Waals surface area (Å²) in [5, 5.41) is 9.90. The first kappa shape index (κ1) is 14.3. The van der Waals surface area contributed by atoms with Crippen molar-refractivity contribution in [2.45, 2.75) is 30.7 Å². The van der Waals surface area contributed by atoms with Crippen molar-refractivity contribution in [2.24, 2.45) is 0 Å². The second kappa shape index (κ2) is 6.27. The molecule has 0 saturated carbocycles. The highest BCUT2D eigenvalue weighted by atomic mass is 16.7. The van der Waals surface area contributed by atoms with Crippen LogP contribution in [0.1, 0.15) is 0 Å². The summed E-state index contributed by atoms with van der Waals surface area (Å²) < 4.78 is 25.1. The predicted molar refractivity (Wildman–Crippen MR) is 55.3 cm³/mol. The van der Waals surface area contributed by atoms with Gasteiger partial charge in [-0.05, 0) is 0 Å². The van der Waals surface area contributed by atoms with Crippen LogP contribution in [0.25, 0.3) is 0 Å². The monoisotopic (exact) mass is 250 g/mol. The predicted octanol–water partition coefficient (Wildman–Crippen LogP) is -1.08. The fourth-order valence-electron chi connectivity index (χ4n) is 1.86. The molecule has 100 valence electrons. The number of aliphatic hydroxyl groups excluding tert-OH is 1. The molecule has 1 aliphatic rings. The zero-order chi connectivity index (χ0) is 13.0. The lowest BCUT2D eigenvalue weighted by molar-refractivity contribution is -0.295. The van der Waals surface area contributed by atoms with Gasteiger partial charge in [0.25, 0.3) is 0 Å². The van der Waals surface area contributed by atoms with E-state index < -0.39 is 36.7 Å². The lowest BCUT2D eigenvalue weighted by Gasteiger charge is -2.41. The number of ether oxygens (including phenoxy) is 5. The molecule has 0 radical (unpaired) electrons. The average molecular weight is 250 g/mol. The highest BCUT2D eigenvalue weighted by molar-refractivity contribution is 5.75. The Bertz CT molecular complexity index is 257. The first-order valence-corrected chi connectivity index (χ1v) is 5.10. The molecule has 1 N–H and O–H groups in total. The molecular formula is C10H18O7. The largest absolute Gasteiger partial charge is 0.467 e. The molecule has 7 nitrogen and oxygen atoms in total. The van der Waals surface area contributed by atoms with E-state index in [1.54, 1.807) is 0 Å². The Morgan fingerprint density at radius 1 is 1.06 bits per heavy atom. The fourth-order valence-corrected chi connectivity index (χ4v) is 1.86. The van der Waals surface area contributed by atoms with E-state index in [2.05, 4.69) is 4.74 Å². The first-order chi connectivity index (χ1) is 8.10. The first-order valence-electron chi connectivity index (χ1n) is 5.10. The average Bonchev–Trinajstić information content (AvgIpc) is 2.36. The van der Waals surface area contributed by atoms with Gasteiger partial charge in [-0.2, -0.15) is 0 Å². The van der Waals surface area contributed by atoms with Crippen LogP contribution in [0, 0.1) is 0 Å². The normalized spacial score (nSPS) is 37.8. The molecule has 0 amide bonds. The van der Waals surface area contributed by atoms with Crippen LogP contribution in [0.15, 0.2) is 0 Å². The van der Waals surface area contributed by atoms with Crippen molar-refractivity contribution in [2.75, 3.05) is 28.4 Å². The Hall–Kier alpha value is -0.730. The van der Waals surface area contributed by atoms with E-state index >= 15 is 0 Å².